The highest BCUT2D eigenvalue weighted by Gasteiger charge is 2.25. The number of carbonyl (C=O) groups excluding carboxylic acids is 1. The van der Waals surface area contributed by atoms with E-state index < -0.39 is 0 Å². The van der Waals surface area contributed by atoms with Crippen molar-refractivity contribution in [3.63, 3.8) is 0 Å². The zero-order valence-electron chi connectivity index (χ0n) is 14.4. The van der Waals surface area contributed by atoms with Gasteiger partial charge in [0.05, 0.1) is 18.0 Å². The van der Waals surface area contributed by atoms with Crippen LogP contribution < -0.4 is 5.56 Å². The number of carbonyl (C=O) groups is 1. The molecule has 1 atom stereocenters. The molecule has 0 radical (unpaired) electrons. The number of ether oxygens (including phenoxy) is 1. The van der Waals surface area contributed by atoms with Crippen molar-refractivity contribution in [1.82, 2.24) is 9.55 Å². The van der Waals surface area contributed by atoms with Crippen molar-refractivity contribution in [2.45, 2.75) is 63.3 Å². The summed E-state index contributed by atoms with van der Waals surface area (Å²) in [4.78, 5) is 31.5. The molecule has 0 aromatic carbocycles. The maximum atomic E-state index is 13.2. The summed E-state index contributed by atoms with van der Waals surface area (Å²) in [6.45, 7) is 2.94. The number of thiophene rings is 1. The van der Waals surface area contributed by atoms with E-state index in [1.807, 2.05) is 0 Å². The minimum atomic E-state index is 0.0743. The van der Waals surface area contributed by atoms with Crippen molar-refractivity contribution < 1.29 is 9.53 Å². The quantitative estimate of drug-likeness (QED) is 0.571. The maximum absolute atomic E-state index is 13.2. The van der Waals surface area contributed by atoms with Crippen LogP contribution in [0.15, 0.2) is 9.95 Å². The fraction of sp³-hybridized carbons (Fsp3) is 0.611. The first-order valence-electron chi connectivity index (χ1n) is 8.92. The van der Waals surface area contributed by atoms with Gasteiger partial charge in [-0.05, 0) is 44.6 Å². The van der Waals surface area contributed by atoms with E-state index in [1.54, 1.807) is 22.8 Å². The Labute approximate surface area is 154 Å². The Morgan fingerprint density at radius 1 is 1.40 bits per heavy atom. The highest BCUT2D eigenvalue weighted by atomic mass is 32.2. The first kappa shape index (κ1) is 17.2. The standard InChI is InChI=1S/C18H22N2O3S2/c1-11(21)7-9-24-18-19-16-15(13-5-2-6-14(13)25-16)17(22)20(18)10-12-4-3-8-23-12/h12H,2-10H2,1H3/t12-/m0/s1. The lowest BCUT2D eigenvalue weighted by Crippen LogP contribution is -2.29. The van der Waals surface area contributed by atoms with Crippen LogP contribution in [0.3, 0.4) is 0 Å². The van der Waals surface area contributed by atoms with E-state index in [1.165, 1.54) is 22.2 Å². The zero-order valence-corrected chi connectivity index (χ0v) is 16.0. The van der Waals surface area contributed by atoms with Gasteiger partial charge in [0.1, 0.15) is 10.6 Å². The van der Waals surface area contributed by atoms with Gasteiger partial charge < -0.3 is 4.74 Å². The molecular weight excluding hydrogens is 356 g/mol. The van der Waals surface area contributed by atoms with Crippen molar-refractivity contribution in [3.05, 3.63) is 20.8 Å². The number of hydrogen-bond acceptors (Lipinski definition) is 6. The smallest absolute Gasteiger partial charge is 0.263 e. The Hall–Kier alpha value is -1.18. The van der Waals surface area contributed by atoms with E-state index in [9.17, 15) is 9.59 Å². The van der Waals surface area contributed by atoms with Gasteiger partial charge in [-0.3, -0.25) is 14.2 Å². The number of hydrogen-bond donors (Lipinski definition) is 0. The van der Waals surface area contributed by atoms with Gasteiger partial charge >= 0.3 is 0 Å². The van der Waals surface area contributed by atoms with Crippen molar-refractivity contribution in [1.29, 1.82) is 0 Å². The van der Waals surface area contributed by atoms with Crippen LogP contribution in [-0.4, -0.2) is 33.8 Å². The van der Waals surface area contributed by atoms with Gasteiger partial charge in [-0.25, -0.2) is 4.98 Å². The summed E-state index contributed by atoms with van der Waals surface area (Å²) in [6, 6.07) is 0. The molecule has 0 bridgehead atoms. The van der Waals surface area contributed by atoms with Crippen LogP contribution in [0, 0.1) is 0 Å². The number of ketones is 1. The molecule has 1 aliphatic heterocycles. The minimum Gasteiger partial charge on any atom is -0.376 e. The lowest BCUT2D eigenvalue weighted by Gasteiger charge is -2.15. The Morgan fingerprint density at radius 3 is 3.04 bits per heavy atom. The number of nitrogens with zero attached hydrogens (tertiary/aromatic N) is 2. The molecule has 2 aromatic heterocycles. The summed E-state index contributed by atoms with van der Waals surface area (Å²) >= 11 is 3.18. The molecule has 0 spiro atoms. The fourth-order valence-corrected chi connectivity index (χ4v) is 5.96. The third-order valence-corrected chi connectivity index (χ3v) is 7.05. The van der Waals surface area contributed by atoms with E-state index in [-0.39, 0.29) is 17.4 Å². The molecule has 3 heterocycles. The monoisotopic (exact) mass is 378 g/mol. The maximum Gasteiger partial charge on any atom is 0.263 e. The summed E-state index contributed by atoms with van der Waals surface area (Å²) < 4.78 is 7.55. The second kappa shape index (κ2) is 7.21. The van der Waals surface area contributed by atoms with Gasteiger partial charge in [0.25, 0.3) is 5.56 Å². The Kier molecular flexibility index (Phi) is 4.97. The second-order valence-corrected chi connectivity index (χ2v) is 8.93. The van der Waals surface area contributed by atoms with Crippen molar-refractivity contribution in [2.75, 3.05) is 12.4 Å². The molecule has 5 nitrogen and oxygen atoms in total. The zero-order chi connectivity index (χ0) is 17.4. The van der Waals surface area contributed by atoms with Gasteiger partial charge in [-0.2, -0.15) is 0 Å². The SMILES string of the molecule is CC(=O)CCSc1nc2sc3c(c2c(=O)n1C[C@@H]1CCCO1)CCC3. The van der Waals surface area contributed by atoms with E-state index in [0.29, 0.717) is 18.7 Å². The van der Waals surface area contributed by atoms with Gasteiger partial charge in [-0.15, -0.1) is 11.3 Å². The van der Waals surface area contributed by atoms with Gasteiger partial charge in [0.15, 0.2) is 5.16 Å². The molecule has 2 aromatic rings. The highest BCUT2D eigenvalue weighted by Crippen LogP contribution is 2.35. The fourth-order valence-electron chi connectivity index (χ4n) is 3.61. The summed E-state index contributed by atoms with van der Waals surface area (Å²) in [6.07, 6.45) is 5.82. The number of aryl methyl sites for hydroxylation is 2. The topological polar surface area (TPSA) is 61.2 Å². The highest BCUT2D eigenvalue weighted by molar-refractivity contribution is 7.99. The van der Waals surface area contributed by atoms with Crippen LogP contribution in [0.2, 0.25) is 0 Å². The molecule has 25 heavy (non-hydrogen) atoms. The molecule has 7 heteroatoms. The molecule has 0 saturated carbocycles. The molecule has 1 fully saturated rings. The lowest BCUT2D eigenvalue weighted by atomic mass is 10.2. The number of fused-ring (bicyclic) bond motifs is 3. The van der Waals surface area contributed by atoms with Crippen molar-refractivity contribution in [3.8, 4) is 0 Å². The van der Waals surface area contributed by atoms with Crippen LogP contribution in [0.25, 0.3) is 10.2 Å². The average Bonchev–Trinajstić information content (AvgIpc) is 3.27. The minimum absolute atomic E-state index is 0.0743. The van der Waals surface area contributed by atoms with Gasteiger partial charge in [-0.1, -0.05) is 11.8 Å². The van der Waals surface area contributed by atoms with Crippen LogP contribution >= 0.6 is 23.1 Å². The van der Waals surface area contributed by atoms with Gasteiger partial charge in [0, 0.05) is 23.7 Å². The molecule has 0 unspecified atom stereocenters. The molecule has 4 rings (SSSR count). The lowest BCUT2D eigenvalue weighted by molar-refractivity contribution is -0.116. The first-order valence-corrected chi connectivity index (χ1v) is 10.7. The summed E-state index contributed by atoms with van der Waals surface area (Å²) in [5, 5.41) is 1.56. The molecular formula is C18H22N2O3S2. The van der Waals surface area contributed by atoms with E-state index in [0.717, 1.165) is 54.1 Å². The van der Waals surface area contributed by atoms with Crippen molar-refractivity contribution in [2.24, 2.45) is 0 Å². The number of Topliss-reactive ketones (excluding diaryl/α,β-unsaturated/α-hetero) is 1. The van der Waals surface area contributed by atoms with Crippen LogP contribution in [0.5, 0.6) is 0 Å². The third kappa shape index (κ3) is 3.41. The number of aromatic nitrogens is 2. The summed E-state index contributed by atoms with van der Waals surface area (Å²) in [5.41, 5.74) is 1.30. The number of rotatable bonds is 6. The Bertz CT molecular complexity index is 865. The molecule has 0 amide bonds. The van der Waals surface area contributed by atoms with E-state index >= 15 is 0 Å². The molecule has 1 saturated heterocycles. The van der Waals surface area contributed by atoms with Crippen molar-refractivity contribution >= 4 is 39.1 Å². The summed E-state index contributed by atoms with van der Waals surface area (Å²) in [5.74, 6) is 0.820. The predicted octanol–water partition coefficient (Wildman–Crippen LogP) is 3.20. The first-order chi connectivity index (χ1) is 12.1. The largest absolute Gasteiger partial charge is 0.376 e. The second-order valence-electron chi connectivity index (χ2n) is 6.78. The third-order valence-electron chi connectivity index (χ3n) is 4.89. The molecule has 1 aliphatic carbocycles. The number of thioether (sulfide) groups is 1. The molecule has 2 aliphatic rings. The normalized spacial score (nSPS) is 19.6. The van der Waals surface area contributed by atoms with E-state index in [4.69, 9.17) is 9.72 Å². The summed E-state index contributed by atoms with van der Waals surface area (Å²) in [7, 11) is 0. The Morgan fingerprint density at radius 2 is 2.28 bits per heavy atom. The van der Waals surface area contributed by atoms with Crippen LogP contribution in [0.1, 0.15) is 43.0 Å². The average molecular weight is 379 g/mol. The molecule has 134 valence electrons. The molecule has 0 N–H and O–H groups in total. The van der Waals surface area contributed by atoms with Gasteiger partial charge in [0.2, 0.25) is 0 Å². The predicted molar refractivity (Wildman–Crippen MR) is 101 cm³/mol. The Balaban J connectivity index is 1.74. The van der Waals surface area contributed by atoms with E-state index in [2.05, 4.69) is 0 Å². The van der Waals surface area contributed by atoms with Crippen LogP contribution in [0.4, 0.5) is 0 Å². The van der Waals surface area contributed by atoms with Crippen LogP contribution in [-0.2, 0) is 28.9 Å².